The standard InChI is InChI=1S/C16H23NO4S/c1-12-10-14-15(21-9-8-20-14)11-16(12)22(18,19)17-13-6-4-2-3-5-7-13/h10-11,13,17H,2-9H2,1H3. The van der Waals surface area contributed by atoms with E-state index in [1.54, 1.807) is 19.1 Å². The van der Waals surface area contributed by atoms with Gasteiger partial charge in [-0.2, -0.15) is 0 Å². The Labute approximate surface area is 132 Å². The first-order chi connectivity index (χ1) is 10.6. The molecule has 2 aliphatic rings. The molecular weight excluding hydrogens is 302 g/mol. The third-order valence-corrected chi connectivity index (χ3v) is 5.97. The van der Waals surface area contributed by atoms with Gasteiger partial charge in [-0.3, -0.25) is 0 Å². The molecule has 1 saturated carbocycles. The van der Waals surface area contributed by atoms with Crippen LogP contribution in [0.4, 0.5) is 0 Å². The van der Waals surface area contributed by atoms with Gasteiger partial charge in [0, 0.05) is 12.1 Å². The number of hydrogen-bond acceptors (Lipinski definition) is 4. The molecule has 1 aromatic carbocycles. The van der Waals surface area contributed by atoms with Crippen molar-refractivity contribution in [2.24, 2.45) is 0 Å². The normalized spacial score (nSPS) is 19.7. The van der Waals surface area contributed by atoms with Crippen molar-refractivity contribution in [1.82, 2.24) is 4.72 Å². The van der Waals surface area contributed by atoms with Gasteiger partial charge in [0.15, 0.2) is 11.5 Å². The fourth-order valence-electron chi connectivity index (χ4n) is 3.14. The van der Waals surface area contributed by atoms with E-state index in [1.807, 2.05) is 0 Å². The zero-order valence-corrected chi connectivity index (χ0v) is 13.7. The number of sulfonamides is 1. The Morgan fingerprint density at radius 1 is 1.00 bits per heavy atom. The number of nitrogens with one attached hydrogen (secondary N) is 1. The van der Waals surface area contributed by atoms with Crippen LogP contribution < -0.4 is 14.2 Å². The molecular formula is C16H23NO4S. The van der Waals surface area contributed by atoms with Crippen molar-refractivity contribution in [3.05, 3.63) is 17.7 Å². The summed E-state index contributed by atoms with van der Waals surface area (Å²) in [5.74, 6) is 1.13. The average molecular weight is 325 g/mol. The van der Waals surface area contributed by atoms with Gasteiger partial charge in [-0.1, -0.05) is 25.7 Å². The molecule has 0 aromatic heterocycles. The first-order valence-electron chi connectivity index (χ1n) is 7.99. The van der Waals surface area contributed by atoms with Gasteiger partial charge >= 0.3 is 0 Å². The highest BCUT2D eigenvalue weighted by Gasteiger charge is 2.25. The predicted molar refractivity (Wildman–Crippen MR) is 84.0 cm³/mol. The van der Waals surface area contributed by atoms with Crippen LogP contribution in [-0.4, -0.2) is 27.7 Å². The third-order valence-electron chi connectivity index (χ3n) is 4.31. The Morgan fingerprint density at radius 3 is 2.23 bits per heavy atom. The molecule has 0 radical (unpaired) electrons. The van der Waals surface area contributed by atoms with E-state index in [4.69, 9.17) is 9.47 Å². The van der Waals surface area contributed by atoms with E-state index in [0.717, 1.165) is 25.7 Å². The minimum absolute atomic E-state index is 0.0418. The zero-order chi connectivity index (χ0) is 15.6. The Morgan fingerprint density at radius 2 is 1.59 bits per heavy atom. The van der Waals surface area contributed by atoms with E-state index in [1.165, 1.54) is 12.8 Å². The van der Waals surface area contributed by atoms with Gasteiger partial charge < -0.3 is 9.47 Å². The largest absolute Gasteiger partial charge is 0.486 e. The lowest BCUT2D eigenvalue weighted by Gasteiger charge is -2.22. The second-order valence-corrected chi connectivity index (χ2v) is 7.75. The van der Waals surface area contributed by atoms with Crippen LogP contribution in [0.3, 0.4) is 0 Å². The molecule has 0 amide bonds. The SMILES string of the molecule is Cc1cc2c(cc1S(=O)(=O)NC1CCCCCC1)OCCO2. The molecule has 5 nitrogen and oxygen atoms in total. The zero-order valence-electron chi connectivity index (χ0n) is 12.9. The molecule has 1 N–H and O–H groups in total. The highest BCUT2D eigenvalue weighted by molar-refractivity contribution is 7.89. The highest BCUT2D eigenvalue weighted by atomic mass is 32.2. The molecule has 22 heavy (non-hydrogen) atoms. The molecule has 1 aromatic rings. The summed E-state index contributed by atoms with van der Waals surface area (Å²) in [6.07, 6.45) is 6.41. The van der Waals surface area contributed by atoms with Crippen LogP contribution >= 0.6 is 0 Å². The Kier molecular flexibility index (Phi) is 4.59. The number of hydrogen-bond donors (Lipinski definition) is 1. The highest BCUT2D eigenvalue weighted by Crippen LogP contribution is 2.35. The van der Waals surface area contributed by atoms with E-state index >= 15 is 0 Å². The van der Waals surface area contributed by atoms with Gasteiger partial charge in [0.05, 0.1) is 4.90 Å². The van der Waals surface area contributed by atoms with Gasteiger partial charge in [0.2, 0.25) is 10.0 Å². The van der Waals surface area contributed by atoms with Crippen LogP contribution in [0.1, 0.15) is 44.1 Å². The molecule has 0 saturated heterocycles. The van der Waals surface area contributed by atoms with Crippen molar-refractivity contribution in [1.29, 1.82) is 0 Å². The van der Waals surface area contributed by atoms with Gasteiger partial charge in [-0.05, 0) is 31.4 Å². The average Bonchev–Trinajstić information content (AvgIpc) is 2.74. The summed E-state index contributed by atoms with van der Waals surface area (Å²) in [7, 11) is -3.53. The van der Waals surface area contributed by atoms with Crippen molar-refractivity contribution >= 4 is 10.0 Å². The van der Waals surface area contributed by atoms with E-state index in [9.17, 15) is 8.42 Å². The van der Waals surface area contributed by atoms with Gasteiger partial charge in [-0.25, -0.2) is 13.1 Å². The summed E-state index contributed by atoms with van der Waals surface area (Å²) in [5, 5.41) is 0. The first-order valence-corrected chi connectivity index (χ1v) is 9.47. The molecule has 1 fully saturated rings. The molecule has 1 aliphatic heterocycles. The molecule has 1 heterocycles. The maximum absolute atomic E-state index is 12.7. The second kappa shape index (κ2) is 6.46. The molecule has 0 spiro atoms. The molecule has 0 bridgehead atoms. The van der Waals surface area contributed by atoms with Crippen molar-refractivity contribution in [3.8, 4) is 11.5 Å². The summed E-state index contributed by atoms with van der Waals surface area (Å²) in [6.45, 7) is 2.74. The molecule has 3 rings (SSSR count). The van der Waals surface area contributed by atoms with E-state index < -0.39 is 10.0 Å². The topological polar surface area (TPSA) is 64.6 Å². The summed E-state index contributed by atoms with van der Waals surface area (Å²) in [4.78, 5) is 0.293. The monoisotopic (exact) mass is 325 g/mol. The number of benzene rings is 1. The predicted octanol–water partition coefficient (Wildman–Crippen LogP) is 2.77. The summed E-state index contributed by atoms with van der Waals surface area (Å²) < 4.78 is 39.3. The number of rotatable bonds is 3. The van der Waals surface area contributed by atoms with Crippen LogP contribution in [0.5, 0.6) is 11.5 Å². The van der Waals surface area contributed by atoms with Gasteiger partial charge in [0.25, 0.3) is 0 Å². The van der Waals surface area contributed by atoms with Crippen LogP contribution in [0, 0.1) is 6.92 Å². The minimum atomic E-state index is -3.53. The smallest absolute Gasteiger partial charge is 0.241 e. The van der Waals surface area contributed by atoms with E-state index in [2.05, 4.69) is 4.72 Å². The number of ether oxygens (including phenoxy) is 2. The molecule has 1 aliphatic carbocycles. The lowest BCUT2D eigenvalue weighted by molar-refractivity contribution is 0.171. The molecule has 122 valence electrons. The van der Waals surface area contributed by atoms with E-state index in [0.29, 0.717) is 35.2 Å². The third kappa shape index (κ3) is 3.38. The Bertz CT molecular complexity index is 634. The first kappa shape index (κ1) is 15.6. The maximum atomic E-state index is 12.7. The number of aryl methyl sites for hydroxylation is 1. The van der Waals surface area contributed by atoms with E-state index in [-0.39, 0.29) is 6.04 Å². The van der Waals surface area contributed by atoms with Crippen LogP contribution in [0.25, 0.3) is 0 Å². The van der Waals surface area contributed by atoms with Crippen molar-refractivity contribution < 1.29 is 17.9 Å². The summed E-state index contributed by atoms with van der Waals surface area (Å²) in [6, 6.07) is 3.37. The van der Waals surface area contributed by atoms with Gasteiger partial charge in [0.1, 0.15) is 13.2 Å². The Balaban J connectivity index is 1.85. The number of fused-ring (bicyclic) bond motifs is 1. The molecule has 0 atom stereocenters. The second-order valence-electron chi connectivity index (χ2n) is 6.07. The minimum Gasteiger partial charge on any atom is -0.486 e. The van der Waals surface area contributed by atoms with Crippen LogP contribution in [-0.2, 0) is 10.0 Å². The summed E-state index contributed by atoms with van der Waals surface area (Å²) in [5.41, 5.74) is 0.686. The quantitative estimate of drug-likeness (QED) is 0.868. The van der Waals surface area contributed by atoms with Crippen molar-refractivity contribution in [2.45, 2.75) is 56.4 Å². The van der Waals surface area contributed by atoms with Crippen molar-refractivity contribution in [3.63, 3.8) is 0 Å². The fourth-order valence-corrected chi connectivity index (χ4v) is 4.69. The summed E-state index contributed by atoms with van der Waals surface area (Å²) >= 11 is 0. The van der Waals surface area contributed by atoms with Crippen LogP contribution in [0.2, 0.25) is 0 Å². The fraction of sp³-hybridized carbons (Fsp3) is 0.625. The van der Waals surface area contributed by atoms with Crippen molar-refractivity contribution in [2.75, 3.05) is 13.2 Å². The molecule has 6 heteroatoms. The molecule has 0 unspecified atom stereocenters. The Hall–Kier alpha value is -1.27. The lowest BCUT2D eigenvalue weighted by Crippen LogP contribution is -2.34. The lowest BCUT2D eigenvalue weighted by atomic mass is 10.1. The van der Waals surface area contributed by atoms with Crippen LogP contribution in [0.15, 0.2) is 17.0 Å². The maximum Gasteiger partial charge on any atom is 0.241 e. The van der Waals surface area contributed by atoms with Gasteiger partial charge in [-0.15, -0.1) is 0 Å².